The van der Waals surface area contributed by atoms with E-state index in [1.54, 1.807) is 18.2 Å². The number of ketones is 1. The van der Waals surface area contributed by atoms with Crippen LogP contribution in [0.25, 0.3) is 0 Å². The molecule has 4 heteroatoms. The van der Waals surface area contributed by atoms with Gasteiger partial charge in [0.15, 0.2) is 5.78 Å². The fourth-order valence-corrected chi connectivity index (χ4v) is 1.78. The lowest BCUT2D eigenvalue weighted by Gasteiger charge is -2.06. The largest absolute Gasteiger partial charge is 0.512 e. The summed E-state index contributed by atoms with van der Waals surface area (Å²) < 4.78 is 0. The van der Waals surface area contributed by atoms with Crippen molar-refractivity contribution >= 4 is 5.78 Å². The number of hydrogen-bond acceptors (Lipinski definition) is 4. The molecular formula is C15H14O4. The van der Waals surface area contributed by atoms with Crippen molar-refractivity contribution in [3.8, 4) is 11.5 Å². The Morgan fingerprint density at radius 2 is 1.89 bits per heavy atom. The molecule has 0 aliphatic heterocycles. The minimum atomic E-state index is -0.336. The van der Waals surface area contributed by atoms with Gasteiger partial charge in [-0.2, -0.15) is 0 Å². The van der Waals surface area contributed by atoms with Gasteiger partial charge in [-0.3, -0.25) is 4.79 Å². The van der Waals surface area contributed by atoms with Crippen LogP contribution in [0.4, 0.5) is 0 Å². The SMILES string of the molecule is O=C(/C=C/C1=CC=C(O)CC1)c1ccc(O)cc1O. The molecule has 1 aromatic carbocycles. The Morgan fingerprint density at radius 1 is 1.11 bits per heavy atom. The molecule has 1 aromatic rings. The zero-order valence-corrected chi connectivity index (χ0v) is 10.2. The van der Waals surface area contributed by atoms with Crippen molar-refractivity contribution in [2.24, 2.45) is 0 Å². The molecule has 0 atom stereocenters. The fourth-order valence-electron chi connectivity index (χ4n) is 1.78. The summed E-state index contributed by atoms with van der Waals surface area (Å²) in [7, 11) is 0. The summed E-state index contributed by atoms with van der Waals surface area (Å²) in [4.78, 5) is 11.9. The average Bonchev–Trinajstić information content (AvgIpc) is 2.37. The lowest BCUT2D eigenvalue weighted by atomic mass is 10.0. The number of hydrogen-bond donors (Lipinski definition) is 3. The first-order valence-electron chi connectivity index (χ1n) is 5.89. The van der Waals surface area contributed by atoms with Crippen LogP contribution in [-0.4, -0.2) is 21.1 Å². The number of allylic oxidation sites excluding steroid dienone is 6. The number of benzene rings is 1. The number of carbonyl (C=O) groups is 1. The number of aliphatic hydroxyl groups is 1. The lowest BCUT2D eigenvalue weighted by molar-refractivity contribution is 0.104. The van der Waals surface area contributed by atoms with Crippen molar-refractivity contribution < 1.29 is 20.1 Å². The van der Waals surface area contributed by atoms with E-state index in [1.807, 2.05) is 0 Å². The highest BCUT2D eigenvalue weighted by Gasteiger charge is 2.09. The third kappa shape index (κ3) is 3.25. The Balaban J connectivity index is 2.13. The molecule has 0 unspecified atom stereocenters. The molecule has 0 bridgehead atoms. The average molecular weight is 258 g/mol. The minimum absolute atomic E-state index is 0.0892. The van der Waals surface area contributed by atoms with E-state index in [-0.39, 0.29) is 22.8 Å². The number of aromatic hydroxyl groups is 2. The molecule has 1 aliphatic rings. The highest BCUT2D eigenvalue weighted by atomic mass is 16.3. The fraction of sp³-hybridized carbons (Fsp3) is 0.133. The summed E-state index contributed by atoms with van der Waals surface area (Å²) in [5, 5.41) is 27.9. The van der Waals surface area contributed by atoms with Crippen molar-refractivity contribution in [1.82, 2.24) is 0 Å². The van der Waals surface area contributed by atoms with Crippen molar-refractivity contribution in [2.45, 2.75) is 12.8 Å². The third-order valence-electron chi connectivity index (χ3n) is 2.86. The number of aliphatic hydroxyl groups excluding tert-OH is 1. The van der Waals surface area contributed by atoms with Crippen molar-refractivity contribution in [3.63, 3.8) is 0 Å². The van der Waals surface area contributed by atoms with Gasteiger partial charge in [0.25, 0.3) is 0 Å². The van der Waals surface area contributed by atoms with Crippen LogP contribution in [0.5, 0.6) is 11.5 Å². The maximum Gasteiger partial charge on any atom is 0.189 e. The topological polar surface area (TPSA) is 77.8 Å². The Labute approximate surface area is 110 Å². The molecule has 0 saturated carbocycles. The van der Waals surface area contributed by atoms with Crippen LogP contribution in [0.3, 0.4) is 0 Å². The maximum absolute atomic E-state index is 11.9. The molecule has 0 heterocycles. The zero-order valence-electron chi connectivity index (χ0n) is 10.2. The molecule has 2 rings (SSSR count). The summed E-state index contributed by atoms with van der Waals surface area (Å²) in [6.07, 6.45) is 7.62. The standard InChI is InChI=1S/C15H14O4/c16-11-4-1-10(2-5-11)3-8-14(18)13-7-6-12(17)9-15(13)19/h1,3-4,6-9,16-17,19H,2,5H2/b8-3+. The summed E-state index contributed by atoms with van der Waals surface area (Å²) in [5.74, 6) is -0.338. The quantitative estimate of drug-likeness (QED) is 0.575. The second kappa shape index (κ2) is 5.44. The van der Waals surface area contributed by atoms with E-state index in [4.69, 9.17) is 5.11 Å². The second-order valence-electron chi connectivity index (χ2n) is 4.30. The molecule has 0 fully saturated rings. The lowest BCUT2D eigenvalue weighted by Crippen LogP contribution is -1.96. The Kier molecular flexibility index (Phi) is 3.71. The predicted octanol–water partition coefficient (Wildman–Crippen LogP) is 3.00. The van der Waals surface area contributed by atoms with Crippen molar-refractivity contribution in [2.75, 3.05) is 0 Å². The van der Waals surface area contributed by atoms with Crippen LogP contribution < -0.4 is 0 Å². The Hall–Kier alpha value is -2.49. The molecule has 0 saturated heterocycles. The minimum Gasteiger partial charge on any atom is -0.512 e. The zero-order chi connectivity index (χ0) is 13.8. The maximum atomic E-state index is 11.9. The van der Waals surface area contributed by atoms with E-state index in [0.29, 0.717) is 18.6 Å². The summed E-state index contributed by atoms with van der Waals surface area (Å²) in [5.41, 5.74) is 1.08. The normalized spacial score (nSPS) is 15.2. The summed E-state index contributed by atoms with van der Waals surface area (Å²) >= 11 is 0. The van der Waals surface area contributed by atoms with Gasteiger partial charge in [0.2, 0.25) is 0 Å². The van der Waals surface area contributed by atoms with Gasteiger partial charge in [0.1, 0.15) is 11.5 Å². The van der Waals surface area contributed by atoms with E-state index in [9.17, 15) is 15.0 Å². The van der Waals surface area contributed by atoms with Gasteiger partial charge in [0.05, 0.1) is 11.3 Å². The van der Waals surface area contributed by atoms with Gasteiger partial charge in [-0.05, 0) is 36.3 Å². The van der Waals surface area contributed by atoms with E-state index < -0.39 is 0 Å². The van der Waals surface area contributed by atoms with E-state index in [2.05, 4.69) is 0 Å². The van der Waals surface area contributed by atoms with Gasteiger partial charge >= 0.3 is 0 Å². The first-order valence-corrected chi connectivity index (χ1v) is 5.89. The Morgan fingerprint density at radius 3 is 2.53 bits per heavy atom. The van der Waals surface area contributed by atoms with Gasteiger partial charge in [-0.15, -0.1) is 0 Å². The monoisotopic (exact) mass is 258 g/mol. The molecule has 19 heavy (non-hydrogen) atoms. The molecular weight excluding hydrogens is 244 g/mol. The van der Waals surface area contributed by atoms with Crippen LogP contribution in [0.2, 0.25) is 0 Å². The summed E-state index contributed by atoms with van der Waals surface area (Å²) in [6, 6.07) is 3.85. The smallest absolute Gasteiger partial charge is 0.189 e. The number of carbonyl (C=O) groups excluding carboxylic acids is 1. The predicted molar refractivity (Wildman–Crippen MR) is 71.3 cm³/mol. The number of rotatable bonds is 3. The highest BCUT2D eigenvalue weighted by Crippen LogP contribution is 2.24. The number of phenolic OH excluding ortho intramolecular Hbond substituents is 2. The second-order valence-corrected chi connectivity index (χ2v) is 4.30. The number of phenols is 2. The van der Waals surface area contributed by atoms with Crippen molar-refractivity contribution in [1.29, 1.82) is 0 Å². The molecule has 4 nitrogen and oxygen atoms in total. The molecule has 3 N–H and O–H groups in total. The van der Waals surface area contributed by atoms with Crippen LogP contribution in [0, 0.1) is 0 Å². The molecule has 0 radical (unpaired) electrons. The van der Waals surface area contributed by atoms with Gasteiger partial charge in [-0.25, -0.2) is 0 Å². The molecule has 1 aliphatic carbocycles. The van der Waals surface area contributed by atoms with E-state index in [0.717, 1.165) is 11.6 Å². The molecule has 0 aromatic heterocycles. The third-order valence-corrected chi connectivity index (χ3v) is 2.86. The molecule has 0 amide bonds. The van der Waals surface area contributed by atoms with Crippen LogP contribution in [0.1, 0.15) is 23.2 Å². The van der Waals surface area contributed by atoms with Crippen molar-refractivity contribution in [3.05, 3.63) is 59.4 Å². The summed E-state index contributed by atoms with van der Waals surface area (Å²) in [6.45, 7) is 0. The first kappa shape index (κ1) is 13.0. The van der Waals surface area contributed by atoms with Gasteiger partial charge in [-0.1, -0.05) is 12.2 Å². The molecule has 98 valence electrons. The molecule has 0 spiro atoms. The Bertz CT molecular complexity index is 594. The van der Waals surface area contributed by atoms with Gasteiger partial charge in [0, 0.05) is 12.5 Å². The van der Waals surface area contributed by atoms with Crippen LogP contribution in [0.15, 0.2) is 53.8 Å². The first-order chi connectivity index (χ1) is 9.06. The van der Waals surface area contributed by atoms with Gasteiger partial charge < -0.3 is 15.3 Å². The van der Waals surface area contributed by atoms with Crippen LogP contribution >= 0.6 is 0 Å². The van der Waals surface area contributed by atoms with E-state index >= 15 is 0 Å². The van der Waals surface area contributed by atoms with E-state index in [1.165, 1.54) is 18.2 Å². The highest BCUT2D eigenvalue weighted by molar-refractivity contribution is 6.06. The van der Waals surface area contributed by atoms with Crippen LogP contribution in [-0.2, 0) is 0 Å².